The van der Waals surface area contributed by atoms with Crippen molar-refractivity contribution in [2.45, 2.75) is 33.3 Å². The molecule has 1 rings (SSSR count). The van der Waals surface area contributed by atoms with Crippen molar-refractivity contribution in [3.8, 4) is 0 Å². The van der Waals surface area contributed by atoms with Gasteiger partial charge in [-0.05, 0) is 39.8 Å². The third kappa shape index (κ3) is 5.91. The fourth-order valence-electron chi connectivity index (χ4n) is 1.92. The maximum absolute atomic E-state index is 13.9. The van der Waals surface area contributed by atoms with Crippen LogP contribution in [0.25, 0.3) is 0 Å². The number of nitrogens with one attached hydrogen (secondary N) is 1. The van der Waals surface area contributed by atoms with Crippen molar-refractivity contribution in [1.29, 1.82) is 0 Å². The van der Waals surface area contributed by atoms with Gasteiger partial charge in [0.15, 0.2) is 0 Å². The lowest BCUT2D eigenvalue weighted by atomic mass is 10.1. The highest BCUT2D eigenvalue weighted by Gasteiger charge is 2.23. The third-order valence-corrected chi connectivity index (χ3v) is 3.03. The number of nitrogens with zero attached hydrogens (tertiary/aromatic N) is 1. The van der Waals surface area contributed by atoms with Crippen LogP contribution in [0, 0.1) is 5.82 Å². The summed E-state index contributed by atoms with van der Waals surface area (Å²) in [5.41, 5.74) is 4.41. The molecule has 0 aliphatic carbocycles. The van der Waals surface area contributed by atoms with Crippen molar-refractivity contribution in [3.63, 3.8) is 0 Å². The molecule has 0 saturated carbocycles. The van der Waals surface area contributed by atoms with Crippen molar-refractivity contribution >= 4 is 29.3 Å². The first kappa shape index (κ1) is 21.2. The standard InChI is InChI=1S/C17H24FN3O5/c1-6-25-15(23)13-10(18)7-8-11(14(13)19)20-12(22)9-21(5)16(24)26-17(2,3)4/h7-8H,6,9,19H2,1-5H3,(H,20,22). The second kappa shape index (κ2) is 8.50. The lowest BCUT2D eigenvalue weighted by Crippen LogP contribution is -2.38. The molecule has 9 heteroatoms. The van der Waals surface area contributed by atoms with Crippen molar-refractivity contribution in [2.24, 2.45) is 0 Å². The average Bonchev–Trinajstić information content (AvgIpc) is 2.48. The number of rotatable bonds is 5. The molecule has 0 aromatic heterocycles. The highest BCUT2D eigenvalue weighted by molar-refractivity contribution is 6.03. The second-order valence-electron chi connectivity index (χ2n) is 6.49. The third-order valence-electron chi connectivity index (χ3n) is 3.03. The molecule has 0 radical (unpaired) electrons. The average molecular weight is 369 g/mol. The van der Waals surface area contributed by atoms with Gasteiger partial charge in [0.1, 0.15) is 23.5 Å². The second-order valence-corrected chi connectivity index (χ2v) is 6.49. The Balaban J connectivity index is 2.86. The van der Waals surface area contributed by atoms with Crippen LogP contribution < -0.4 is 11.1 Å². The van der Waals surface area contributed by atoms with Crippen molar-refractivity contribution < 1.29 is 28.2 Å². The molecule has 0 saturated heterocycles. The number of anilines is 2. The minimum absolute atomic E-state index is 0.0389. The summed E-state index contributed by atoms with van der Waals surface area (Å²) < 4.78 is 23.7. The number of carbonyl (C=O) groups is 3. The molecule has 26 heavy (non-hydrogen) atoms. The van der Waals surface area contributed by atoms with E-state index in [2.05, 4.69) is 5.32 Å². The number of halogens is 1. The largest absolute Gasteiger partial charge is 0.462 e. The summed E-state index contributed by atoms with van der Waals surface area (Å²) in [6.45, 7) is 6.42. The molecule has 1 aromatic carbocycles. The molecule has 0 unspecified atom stereocenters. The van der Waals surface area contributed by atoms with Crippen LogP contribution in [0.4, 0.5) is 20.6 Å². The Labute approximate surface area is 151 Å². The molecule has 0 aliphatic rings. The number of nitrogen functional groups attached to an aromatic ring is 1. The van der Waals surface area contributed by atoms with Crippen molar-refractivity contribution in [3.05, 3.63) is 23.5 Å². The molecule has 0 atom stereocenters. The van der Waals surface area contributed by atoms with E-state index in [4.69, 9.17) is 15.2 Å². The Kier molecular flexibility index (Phi) is 6.93. The van der Waals surface area contributed by atoms with Gasteiger partial charge in [-0.25, -0.2) is 14.0 Å². The number of benzene rings is 1. The Morgan fingerprint density at radius 3 is 2.42 bits per heavy atom. The van der Waals surface area contributed by atoms with E-state index in [-0.39, 0.29) is 24.5 Å². The van der Waals surface area contributed by atoms with E-state index in [1.165, 1.54) is 13.1 Å². The topological polar surface area (TPSA) is 111 Å². The van der Waals surface area contributed by atoms with Gasteiger partial charge in [0, 0.05) is 7.05 Å². The quantitative estimate of drug-likeness (QED) is 0.609. The summed E-state index contributed by atoms with van der Waals surface area (Å²) >= 11 is 0. The fraction of sp³-hybridized carbons (Fsp3) is 0.471. The minimum atomic E-state index is -0.926. The number of ether oxygens (including phenoxy) is 2. The SMILES string of the molecule is CCOC(=O)c1c(F)ccc(NC(=O)CN(C)C(=O)OC(C)(C)C)c1N. The number of likely N-dealkylation sites (N-methyl/N-ethyl adjacent to an activating group) is 1. The van der Waals surface area contributed by atoms with E-state index in [0.717, 1.165) is 11.0 Å². The summed E-state index contributed by atoms with van der Waals surface area (Å²) in [7, 11) is 1.39. The van der Waals surface area contributed by atoms with Crippen LogP contribution in [-0.2, 0) is 14.3 Å². The number of esters is 1. The molecule has 0 aliphatic heterocycles. The maximum Gasteiger partial charge on any atom is 0.410 e. The van der Waals surface area contributed by atoms with Gasteiger partial charge in [0.2, 0.25) is 5.91 Å². The van der Waals surface area contributed by atoms with Gasteiger partial charge in [0.25, 0.3) is 0 Å². The van der Waals surface area contributed by atoms with Crippen LogP contribution in [-0.4, -0.2) is 48.7 Å². The molecule has 0 heterocycles. The first-order valence-corrected chi connectivity index (χ1v) is 7.95. The van der Waals surface area contributed by atoms with E-state index >= 15 is 0 Å². The summed E-state index contributed by atoms with van der Waals surface area (Å²) in [5.74, 6) is -2.37. The molecule has 0 fully saturated rings. The smallest absolute Gasteiger partial charge is 0.410 e. The Bertz CT molecular complexity index is 700. The zero-order valence-electron chi connectivity index (χ0n) is 15.5. The number of amides is 2. The Morgan fingerprint density at radius 1 is 1.27 bits per heavy atom. The van der Waals surface area contributed by atoms with Crippen LogP contribution in [0.2, 0.25) is 0 Å². The minimum Gasteiger partial charge on any atom is -0.462 e. The molecule has 2 amide bonds. The van der Waals surface area contributed by atoms with Crippen LogP contribution >= 0.6 is 0 Å². The highest BCUT2D eigenvalue weighted by Crippen LogP contribution is 2.26. The molecule has 0 spiro atoms. The monoisotopic (exact) mass is 369 g/mol. The first-order valence-electron chi connectivity index (χ1n) is 7.95. The molecule has 1 aromatic rings. The van der Waals surface area contributed by atoms with E-state index in [1.807, 2.05) is 0 Å². The summed E-state index contributed by atoms with van der Waals surface area (Å²) in [6, 6.07) is 2.22. The molecule has 3 N–H and O–H groups in total. The summed E-state index contributed by atoms with van der Waals surface area (Å²) in [4.78, 5) is 36.8. The zero-order valence-corrected chi connectivity index (χ0v) is 15.5. The molecular formula is C17H24FN3O5. The number of carbonyl (C=O) groups excluding carboxylic acids is 3. The number of hydrogen-bond donors (Lipinski definition) is 2. The van der Waals surface area contributed by atoms with E-state index < -0.39 is 35.0 Å². The Hall–Kier alpha value is -2.84. The van der Waals surface area contributed by atoms with Gasteiger partial charge in [0.05, 0.1) is 18.0 Å². The number of hydrogen-bond acceptors (Lipinski definition) is 6. The summed E-state index contributed by atoms with van der Waals surface area (Å²) in [5, 5.41) is 2.44. The highest BCUT2D eigenvalue weighted by atomic mass is 19.1. The van der Waals surface area contributed by atoms with Crippen molar-refractivity contribution in [1.82, 2.24) is 4.90 Å². The van der Waals surface area contributed by atoms with Gasteiger partial charge in [-0.2, -0.15) is 0 Å². The van der Waals surface area contributed by atoms with E-state index in [0.29, 0.717) is 0 Å². The zero-order chi connectivity index (χ0) is 20.1. The molecule has 8 nitrogen and oxygen atoms in total. The van der Waals surface area contributed by atoms with Gasteiger partial charge in [-0.1, -0.05) is 0 Å². The van der Waals surface area contributed by atoms with E-state index in [9.17, 15) is 18.8 Å². The van der Waals surface area contributed by atoms with Gasteiger partial charge >= 0.3 is 12.1 Å². The van der Waals surface area contributed by atoms with Gasteiger partial charge in [-0.15, -0.1) is 0 Å². The number of nitrogens with two attached hydrogens (primary N) is 1. The molecule has 0 bridgehead atoms. The Morgan fingerprint density at radius 2 is 1.88 bits per heavy atom. The van der Waals surface area contributed by atoms with Crippen LogP contribution in [0.15, 0.2) is 12.1 Å². The lowest BCUT2D eigenvalue weighted by Gasteiger charge is -2.24. The predicted molar refractivity (Wildman–Crippen MR) is 94.3 cm³/mol. The normalized spacial score (nSPS) is 10.8. The van der Waals surface area contributed by atoms with Crippen molar-refractivity contribution in [2.75, 3.05) is 31.2 Å². The van der Waals surface area contributed by atoms with Gasteiger partial charge in [-0.3, -0.25) is 4.79 Å². The van der Waals surface area contributed by atoms with Crippen LogP contribution in [0.1, 0.15) is 38.1 Å². The van der Waals surface area contributed by atoms with Gasteiger partial charge < -0.3 is 25.4 Å². The molecule has 144 valence electrons. The first-order chi connectivity index (χ1) is 12.0. The van der Waals surface area contributed by atoms with E-state index in [1.54, 1.807) is 27.7 Å². The van der Waals surface area contributed by atoms with Crippen LogP contribution in [0.3, 0.4) is 0 Å². The maximum atomic E-state index is 13.9. The summed E-state index contributed by atoms with van der Waals surface area (Å²) in [6.07, 6.45) is -0.674. The molecular weight excluding hydrogens is 345 g/mol. The predicted octanol–water partition coefficient (Wildman–Crippen LogP) is 2.39. The lowest BCUT2D eigenvalue weighted by molar-refractivity contribution is -0.117. The van der Waals surface area contributed by atoms with Crippen LogP contribution in [0.5, 0.6) is 0 Å². The fourth-order valence-corrected chi connectivity index (χ4v) is 1.92.